The highest BCUT2D eigenvalue weighted by molar-refractivity contribution is 9.10. The molecule has 0 saturated carbocycles. The average molecular weight is 289 g/mol. The van der Waals surface area contributed by atoms with Gasteiger partial charge >= 0.3 is 0 Å². The highest BCUT2D eigenvalue weighted by Gasteiger charge is 2.23. The van der Waals surface area contributed by atoms with E-state index in [0.717, 1.165) is 16.0 Å². The first-order valence-electron chi connectivity index (χ1n) is 4.76. The smallest absolute Gasteiger partial charge is 0.148 e. The van der Waals surface area contributed by atoms with Gasteiger partial charge in [0, 0.05) is 18.8 Å². The lowest BCUT2D eigenvalue weighted by molar-refractivity contribution is 0.689. The molecule has 15 heavy (non-hydrogen) atoms. The summed E-state index contributed by atoms with van der Waals surface area (Å²) in [6.45, 7) is 0. The Morgan fingerprint density at radius 1 is 1.60 bits per heavy atom. The Kier molecular flexibility index (Phi) is 3.35. The average Bonchev–Trinajstić information content (AvgIpc) is 2.74. The van der Waals surface area contributed by atoms with Gasteiger partial charge in [0.15, 0.2) is 0 Å². The summed E-state index contributed by atoms with van der Waals surface area (Å²) in [7, 11) is 2.06. The number of nitrogen functional groups attached to an aromatic ring is 1. The van der Waals surface area contributed by atoms with Gasteiger partial charge in [-0.05, 0) is 28.1 Å². The third kappa shape index (κ3) is 2.20. The van der Waals surface area contributed by atoms with Gasteiger partial charge in [0.25, 0.3) is 0 Å². The van der Waals surface area contributed by atoms with Crippen molar-refractivity contribution in [2.24, 2.45) is 0 Å². The van der Waals surface area contributed by atoms with Crippen molar-refractivity contribution in [1.82, 2.24) is 9.97 Å². The maximum Gasteiger partial charge on any atom is 0.148 e. The number of nitrogens with zero attached hydrogens (tertiary/aromatic N) is 3. The predicted molar refractivity (Wildman–Crippen MR) is 68.3 cm³/mol. The molecule has 0 amide bonds. The van der Waals surface area contributed by atoms with E-state index in [1.54, 1.807) is 0 Å². The first-order chi connectivity index (χ1) is 7.20. The molecule has 4 nitrogen and oxygen atoms in total. The third-order valence-corrected chi connectivity index (χ3v) is 4.49. The fraction of sp³-hybridized carbons (Fsp3) is 0.556. The van der Waals surface area contributed by atoms with Crippen LogP contribution >= 0.6 is 27.7 Å². The number of thioether (sulfide) groups is 1. The number of hydrogen-bond donors (Lipinski definition) is 1. The molecule has 0 aromatic carbocycles. The second-order valence-electron chi connectivity index (χ2n) is 3.52. The van der Waals surface area contributed by atoms with Crippen molar-refractivity contribution < 1.29 is 0 Å². The van der Waals surface area contributed by atoms with Crippen LogP contribution < -0.4 is 10.6 Å². The molecule has 1 aliphatic heterocycles. The lowest BCUT2D eigenvalue weighted by Gasteiger charge is -2.25. The van der Waals surface area contributed by atoms with Gasteiger partial charge in [-0.1, -0.05) is 0 Å². The van der Waals surface area contributed by atoms with Crippen LogP contribution in [0.3, 0.4) is 0 Å². The fourth-order valence-electron chi connectivity index (χ4n) is 1.62. The molecule has 0 radical (unpaired) electrons. The van der Waals surface area contributed by atoms with Crippen LogP contribution in [0, 0.1) is 0 Å². The van der Waals surface area contributed by atoms with Crippen LogP contribution in [0.4, 0.5) is 11.6 Å². The zero-order valence-electron chi connectivity index (χ0n) is 8.48. The SMILES string of the molecule is CN(c1ncnc(N)c1Br)C1CCSC1. The molecule has 1 atom stereocenters. The minimum atomic E-state index is 0.498. The van der Waals surface area contributed by atoms with Gasteiger partial charge in [-0.15, -0.1) is 0 Å². The molecule has 2 N–H and O–H groups in total. The van der Waals surface area contributed by atoms with E-state index in [1.807, 2.05) is 11.8 Å². The van der Waals surface area contributed by atoms with Gasteiger partial charge in [0.1, 0.15) is 22.4 Å². The van der Waals surface area contributed by atoms with Gasteiger partial charge in [-0.3, -0.25) is 0 Å². The number of hydrogen-bond acceptors (Lipinski definition) is 5. The highest BCUT2D eigenvalue weighted by atomic mass is 79.9. The van der Waals surface area contributed by atoms with Crippen molar-refractivity contribution in [3.8, 4) is 0 Å². The molecular formula is C9H13BrN4S. The maximum atomic E-state index is 5.73. The van der Waals surface area contributed by atoms with Crippen molar-refractivity contribution in [2.45, 2.75) is 12.5 Å². The molecule has 1 aliphatic rings. The largest absolute Gasteiger partial charge is 0.383 e. The molecule has 2 rings (SSSR count). The monoisotopic (exact) mass is 288 g/mol. The normalized spacial score (nSPS) is 20.5. The quantitative estimate of drug-likeness (QED) is 0.899. The third-order valence-electron chi connectivity index (χ3n) is 2.59. The molecule has 0 aliphatic carbocycles. The molecule has 2 heterocycles. The zero-order valence-corrected chi connectivity index (χ0v) is 10.9. The van der Waals surface area contributed by atoms with Crippen LogP contribution in [0.2, 0.25) is 0 Å². The first kappa shape index (κ1) is 11.0. The molecule has 0 spiro atoms. The Morgan fingerprint density at radius 2 is 2.40 bits per heavy atom. The summed E-state index contributed by atoms with van der Waals surface area (Å²) in [5.74, 6) is 3.77. The van der Waals surface area contributed by atoms with Gasteiger partial charge in [0.05, 0.1) is 0 Å². The van der Waals surface area contributed by atoms with Crippen molar-refractivity contribution in [3.63, 3.8) is 0 Å². The van der Waals surface area contributed by atoms with Crippen LogP contribution in [-0.2, 0) is 0 Å². The van der Waals surface area contributed by atoms with E-state index in [-0.39, 0.29) is 0 Å². The fourth-order valence-corrected chi connectivity index (χ4v) is 3.37. The van der Waals surface area contributed by atoms with E-state index < -0.39 is 0 Å². The number of rotatable bonds is 2. The van der Waals surface area contributed by atoms with Crippen molar-refractivity contribution >= 4 is 39.3 Å². The number of anilines is 2. The lowest BCUT2D eigenvalue weighted by atomic mass is 10.2. The van der Waals surface area contributed by atoms with Crippen molar-refractivity contribution in [1.29, 1.82) is 0 Å². The minimum absolute atomic E-state index is 0.498. The van der Waals surface area contributed by atoms with E-state index >= 15 is 0 Å². The van der Waals surface area contributed by atoms with E-state index in [4.69, 9.17) is 5.73 Å². The van der Waals surface area contributed by atoms with Crippen molar-refractivity contribution in [2.75, 3.05) is 29.2 Å². The molecule has 6 heteroatoms. The zero-order chi connectivity index (χ0) is 10.8. The summed E-state index contributed by atoms with van der Waals surface area (Å²) in [4.78, 5) is 10.4. The number of halogens is 1. The Bertz CT molecular complexity index is 354. The van der Waals surface area contributed by atoms with E-state index in [2.05, 4.69) is 37.8 Å². The molecule has 1 aromatic heterocycles. The Labute approximate surface area is 102 Å². The van der Waals surface area contributed by atoms with Crippen LogP contribution in [0.25, 0.3) is 0 Å². The van der Waals surface area contributed by atoms with Gasteiger partial charge in [0.2, 0.25) is 0 Å². The summed E-state index contributed by atoms with van der Waals surface area (Å²) in [5.41, 5.74) is 5.73. The molecule has 82 valence electrons. The summed E-state index contributed by atoms with van der Waals surface area (Å²) in [6.07, 6.45) is 2.71. The molecule has 1 saturated heterocycles. The summed E-state index contributed by atoms with van der Waals surface area (Å²) < 4.78 is 0.796. The maximum absolute atomic E-state index is 5.73. The highest BCUT2D eigenvalue weighted by Crippen LogP contribution is 2.31. The predicted octanol–water partition coefficient (Wildman–Crippen LogP) is 1.76. The summed E-state index contributed by atoms with van der Waals surface area (Å²) >= 11 is 5.41. The second kappa shape index (κ2) is 4.57. The topological polar surface area (TPSA) is 55.0 Å². The molecule has 0 bridgehead atoms. The Hall–Kier alpha value is -0.490. The number of aromatic nitrogens is 2. The molecule has 1 aromatic rings. The molecular weight excluding hydrogens is 276 g/mol. The number of nitrogens with two attached hydrogens (primary N) is 1. The van der Waals surface area contributed by atoms with E-state index in [0.29, 0.717) is 11.9 Å². The van der Waals surface area contributed by atoms with Crippen LogP contribution in [0.15, 0.2) is 10.8 Å². The van der Waals surface area contributed by atoms with Crippen LogP contribution in [-0.4, -0.2) is 34.6 Å². The second-order valence-corrected chi connectivity index (χ2v) is 5.47. The Morgan fingerprint density at radius 3 is 3.07 bits per heavy atom. The van der Waals surface area contributed by atoms with Gasteiger partial charge < -0.3 is 10.6 Å². The summed E-state index contributed by atoms with van der Waals surface area (Å²) in [5, 5.41) is 0. The van der Waals surface area contributed by atoms with Crippen LogP contribution in [0.1, 0.15) is 6.42 Å². The molecule has 1 unspecified atom stereocenters. The summed E-state index contributed by atoms with van der Waals surface area (Å²) in [6, 6.07) is 0.556. The van der Waals surface area contributed by atoms with E-state index in [9.17, 15) is 0 Å². The standard InChI is InChI=1S/C9H13BrN4S/c1-14(6-2-3-15-4-6)9-7(10)8(11)12-5-13-9/h5-6H,2-4H2,1H3,(H2,11,12,13). The lowest BCUT2D eigenvalue weighted by Crippen LogP contribution is -2.32. The Balaban J connectivity index is 2.24. The first-order valence-corrected chi connectivity index (χ1v) is 6.71. The van der Waals surface area contributed by atoms with Gasteiger partial charge in [-0.25, -0.2) is 9.97 Å². The van der Waals surface area contributed by atoms with E-state index in [1.165, 1.54) is 18.5 Å². The van der Waals surface area contributed by atoms with Gasteiger partial charge in [-0.2, -0.15) is 11.8 Å². The van der Waals surface area contributed by atoms with Crippen molar-refractivity contribution in [3.05, 3.63) is 10.8 Å². The minimum Gasteiger partial charge on any atom is -0.383 e. The van der Waals surface area contributed by atoms with Crippen LogP contribution in [0.5, 0.6) is 0 Å². The molecule has 1 fully saturated rings.